The first-order valence-electron chi connectivity index (χ1n) is 7.42. The summed E-state index contributed by atoms with van der Waals surface area (Å²) in [6.07, 6.45) is 8.36. The van der Waals surface area contributed by atoms with Crippen molar-refractivity contribution in [3.8, 4) is 0 Å². The number of carbonyl (C=O) groups excluding carboxylic acids is 1. The van der Waals surface area contributed by atoms with Crippen LogP contribution in [0.5, 0.6) is 0 Å². The molecule has 2 fully saturated rings. The second-order valence-electron chi connectivity index (χ2n) is 5.76. The molecule has 3 atom stereocenters. The Morgan fingerprint density at radius 2 is 2.10 bits per heavy atom. The van der Waals surface area contributed by atoms with Gasteiger partial charge in [0.05, 0.1) is 6.42 Å². The van der Waals surface area contributed by atoms with E-state index in [1.54, 1.807) is 4.90 Å². The van der Waals surface area contributed by atoms with Gasteiger partial charge in [0.1, 0.15) is 0 Å². The summed E-state index contributed by atoms with van der Waals surface area (Å²) >= 11 is 1.88. The SMILES string of the molecule is CSC1CCCC(NC(=O)N2CCCC2CC(=O)O)C1. The van der Waals surface area contributed by atoms with Crippen molar-refractivity contribution in [1.29, 1.82) is 0 Å². The van der Waals surface area contributed by atoms with Crippen LogP contribution in [0.25, 0.3) is 0 Å². The largest absolute Gasteiger partial charge is 0.481 e. The van der Waals surface area contributed by atoms with Gasteiger partial charge in [-0.25, -0.2) is 4.79 Å². The van der Waals surface area contributed by atoms with Crippen LogP contribution >= 0.6 is 11.8 Å². The molecule has 1 saturated carbocycles. The Hall–Kier alpha value is -0.910. The molecule has 114 valence electrons. The van der Waals surface area contributed by atoms with E-state index in [2.05, 4.69) is 11.6 Å². The van der Waals surface area contributed by atoms with E-state index in [0.717, 1.165) is 32.1 Å². The molecule has 0 aromatic carbocycles. The third-order valence-electron chi connectivity index (χ3n) is 4.34. The molecule has 6 heteroatoms. The summed E-state index contributed by atoms with van der Waals surface area (Å²) in [5, 5.41) is 12.7. The minimum Gasteiger partial charge on any atom is -0.481 e. The van der Waals surface area contributed by atoms with E-state index in [1.165, 1.54) is 6.42 Å². The van der Waals surface area contributed by atoms with Crippen molar-refractivity contribution >= 4 is 23.8 Å². The van der Waals surface area contributed by atoms with E-state index >= 15 is 0 Å². The molecule has 1 aliphatic heterocycles. The van der Waals surface area contributed by atoms with Gasteiger partial charge in [0, 0.05) is 23.9 Å². The van der Waals surface area contributed by atoms with Crippen LogP contribution in [0.15, 0.2) is 0 Å². The molecule has 2 rings (SSSR count). The molecule has 0 spiro atoms. The van der Waals surface area contributed by atoms with Gasteiger partial charge in [-0.15, -0.1) is 0 Å². The van der Waals surface area contributed by atoms with Crippen molar-refractivity contribution in [2.45, 2.75) is 62.3 Å². The summed E-state index contributed by atoms with van der Waals surface area (Å²) in [4.78, 5) is 24.9. The number of carboxylic acid groups (broad SMARTS) is 1. The number of hydrogen-bond donors (Lipinski definition) is 2. The van der Waals surface area contributed by atoms with Gasteiger partial charge in [-0.05, 0) is 38.4 Å². The van der Waals surface area contributed by atoms with Crippen molar-refractivity contribution in [3.05, 3.63) is 0 Å². The molecule has 1 heterocycles. The minimum absolute atomic E-state index is 0.0610. The number of urea groups is 1. The van der Waals surface area contributed by atoms with Gasteiger partial charge in [-0.3, -0.25) is 4.79 Å². The monoisotopic (exact) mass is 300 g/mol. The molecule has 1 aliphatic carbocycles. The van der Waals surface area contributed by atoms with Crippen LogP contribution < -0.4 is 5.32 Å². The fourth-order valence-corrected chi connectivity index (χ4v) is 4.09. The van der Waals surface area contributed by atoms with Gasteiger partial charge >= 0.3 is 12.0 Å². The lowest BCUT2D eigenvalue weighted by Gasteiger charge is -2.31. The summed E-state index contributed by atoms with van der Waals surface area (Å²) < 4.78 is 0. The van der Waals surface area contributed by atoms with Gasteiger partial charge < -0.3 is 15.3 Å². The molecule has 2 amide bonds. The number of aliphatic carboxylic acids is 1. The maximum atomic E-state index is 12.3. The highest BCUT2D eigenvalue weighted by Crippen LogP contribution is 2.27. The van der Waals surface area contributed by atoms with Gasteiger partial charge in [0.15, 0.2) is 0 Å². The van der Waals surface area contributed by atoms with E-state index in [4.69, 9.17) is 5.11 Å². The van der Waals surface area contributed by atoms with E-state index in [1.807, 2.05) is 11.8 Å². The fourth-order valence-electron chi connectivity index (χ4n) is 3.26. The number of thioether (sulfide) groups is 1. The lowest BCUT2D eigenvalue weighted by molar-refractivity contribution is -0.137. The first-order valence-corrected chi connectivity index (χ1v) is 8.70. The third kappa shape index (κ3) is 4.04. The average molecular weight is 300 g/mol. The van der Waals surface area contributed by atoms with Crippen molar-refractivity contribution < 1.29 is 14.7 Å². The Bertz CT molecular complexity index is 364. The second kappa shape index (κ2) is 7.20. The number of amides is 2. The Labute approximate surface area is 124 Å². The van der Waals surface area contributed by atoms with Crippen molar-refractivity contribution in [2.24, 2.45) is 0 Å². The summed E-state index contributed by atoms with van der Waals surface area (Å²) in [5.74, 6) is -0.824. The van der Waals surface area contributed by atoms with Crippen LogP contribution in [-0.2, 0) is 4.79 Å². The predicted octanol–water partition coefficient (Wildman–Crippen LogP) is 2.31. The molecular formula is C14H24N2O3S. The zero-order chi connectivity index (χ0) is 14.5. The Kier molecular flexibility index (Phi) is 5.57. The molecule has 1 saturated heterocycles. The first-order chi connectivity index (χ1) is 9.60. The lowest BCUT2D eigenvalue weighted by Crippen LogP contribution is -2.48. The molecule has 2 N–H and O–H groups in total. The zero-order valence-electron chi connectivity index (χ0n) is 12.0. The summed E-state index contributed by atoms with van der Waals surface area (Å²) in [5.41, 5.74) is 0. The molecule has 0 aromatic rings. The highest BCUT2D eigenvalue weighted by Gasteiger charge is 2.32. The average Bonchev–Trinajstić information content (AvgIpc) is 2.86. The topological polar surface area (TPSA) is 69.6 Å². The zero-order valence-corrected chi connectivity index (χ0v) is 12.8. The molecular weight excluding hydrogens is 276 g/mol. The first kappa shape index (κ1) is 15.5. The highest BCUT2D eigenvalue weighted by atomic mass is 32.2. The summed E-state index contributed by atoms with van der Waals surface area (Å²) in [6.45, 7) is 0.683. The van der Waals surface area contributed by atoms with Crippen LogP contribution in [0.2, 0.25) is 0 Å². The number of carboxylic acids is 1. The predicted molar refractivity (Wildman–Crippen MR) is 80.1 cm³/mol. The quantitative estimate of drug-likeness (QED) is 0.836. The van der Waals surface area contributed by atoms with Gasteiger partial charge in [0.2, 0.25) is 0 Å². The number of rotatable bonds is 4. The molecule has 0 aromatic heterocycles. The highest BCUT2D eigenvalue weighted by molar-refractivity contribution is 7.99. The molecule has 3 unspecified atom stereocenters. The fraction of sp³-hybridized carbons (Fsp3) is 0.857. The standard InChI is InChI=1S/C14H24N2O3S/c1-20-12-6-2-4-10(8-12)15-14(19)16-7-3-5-11(16)9-13(17)18/h10-12H,2-9H2,1H3,(H,15,19)(H,17,18). The Morgan fingerprint density at radius 1 is 1.30 bits per heavy atom. The van der Waals surface area contributed by atoms with E-state index in [-0.39, 0.29) is 24.5 Å². The Balaban J connectivity index is 1.85. The number of hydrogen-bond acceptors (Lipinski definition) is 3. The van der Waals surface area contributed by atoms with Crippen LogP contribution in [-0.4, -0.2) is 52.1 Å². The van der Waals surface area contributed by atoms with E-state index < -0.39 is 5.97 Å². The smallest absolute Gasteiger partial charge is 0.317 e. The minimum atomic E-state index is -0.824. The summed E-state index contributed by atoms with van der Waals surface area (Å²) in [6, 6.07) is 0.0488. The van der Waals surface area contributed by atoms with Crippen molar-refractivity contribution in [3.63, 3.8) is 0 Å². The van der Waals surface area contributed by atoms with Gasteiger partial charge in [0.25, 0.3) is 0 Å². The van der Waals surface area contributed by atoms with Crippen molar-refractivity contribution in [2.75, 3.05) is 12.8 Å². The van der Waals surface area contributed by atoms with Crippen LogP contribution in [0, 0.1) is 0 Å². The van der Waals surface area contributed by atoms with Gasteiger partial charge in [-0.1, -0.05) is 6.42 Å². The van der Waals surface area contributed by atoms with E-state index in [0.29, 0.717) is 11.8 Å². The normalized spacial score (nSPS) is 30.2. The number of likely N-dealkylation sites (tertiary alicyclic amines) is 1. The lowest BCUT2D eigenvalue weighted by atomic mass is 9.95. The van der Waals surface area contributed by atoms with Crippen LogP contribution in [0.3, 0.4) is 0 Å². The molecule has 2 aliphatic rings. The Morgan fingerprint density at radius 3 is 2.80 bits per heavy atom. The molecule has 20 heavy (non-hydrogen) atoms. The van der Waals surface area contributed by atoms with E-state index in [9.17, 15) is 9.59 Å². The molecule has 0 bridgehead atoms. The maximum Gasteiger partial charge on any atom is 0.317 e. The van der Waals surface area contributed by atoms with Gasteiger partial charge in [-0.2, -0.15) is 11.8 Å². The number of carbonyl (C=O) groups is 2. The second-order valence-corrected chi connectivity index (χ2v) is 6.90. The van der Waals surface area contributed by atoms with Crippen LogP contribution in [0.4, 0.5) is 4.79 Å². The van der Waals surface area contributed by atoms with Crippen molar-refractivity contribution in [1.82, 2.24) is 10.2 Å². The molecule has 0 radical (unpaired) electrons. The molecule has 5 nitrogen and oxygen atoms in total. The third-order valence-corrected chi connectivity index (χ3v) is 5.43. The summed E-state index contributed by atoms with van der Waals surface area (Å²) in [7, 11) is 0. The number of nitrogens with zero attached hydrogens (tertiary/aromatic N) is 1. The maximum absolute atomic E-state index is 12.3. The number of nitrogens with one attached hydrogen (secondary N) is 1. The van der Waals surface area contributed by atoms with Crippen LogP contribution in [0.1, 0.15) is 44.9 Å².